The van der Waals surface area contributed by atoms with Gasteiger partial charge in [-0.25, -0.2) is 9.18 Å². The number of amides is 1. The molecule has 0 spiro atoms. The minimum absolute atomic E-state index is 0.163. The third kappa shape index (κ3) is 3.16. The van der Waals surface area contributed by atoms with Crippen molar-refractivity contribution in [2.45, 2.75) is 13.0 Å². The molecule has 0 saturated carbocycles. The van der Waals surface area contributed by atoms with Crippen molar-refractivity contribution in [2.24, 2.45) is 0 Å². The van der Waals surface area contributed by atoms with E-state index in [9.17, 15) is 14.0 Å². The lowest BCUT2D eigenvalue weighted by molar-refractivity contribution is -0.137. The van der Waals surface area contributed by atoms with E-state index in [0.29, 0.717) is 10.1 Å². The number of hydrogen-bond donors (Lipinski definition) is 0. The number of esters is 1. The van der Waals surface area contributed by atoms with Crippen molar-refractivity contribution in [3.05, 3.63) is 33.9 Å². The van der Waals surface area contributed by atoms with Crippen LogP contribution in [0.5, 0.6) is 0 Å². The summed E-state index contributed by atoms with van der Waals surface area (Å²) in [7, 11) is 3.14. The first-order chi connectivity index (χ1) is 9.81. The Kier molecular flexibility index (Phi) is 4.49. The number of nitrogens with zero attached hydrogens (tertiary/aromatic N) is 1. The second kappa shape index (κ2) is 5.99. The summed E-state index contributed by atoms with van der Waals surface area (Å²) in [5, 5.41) is 0.797. The maximum atomic E-state index is 13.2. The van der Waals surface area contributed by atoms with Crippen LogP contribution in [0.15, 0.2) is 18.2 Å². The molecule has 1 atom stereocenters. The fraction of sp³-hybridized carbons (Fsp3) is 0.286. The Morgan fingerprint density at radius 3 is 2.67 bits per heavy atom. The van der Waals surface area contributed by atoms with E-state index in [1.54, 1.807) is 14.1 Å². The first-order valence-corrected chi connectivity index (χ1v) is 7.30. The molecule has 0 radical (unpaired) electrons. The summed E-state index contributed by atoms with van der Waals surface area (Å²) in [5.74, 6) is -1.42. The van der Waals surface area contributed by atoms with Gasteiger partial charge in [0.15, 0.2) is 6.10 Å². The van der Waals surface area contributed by atoms with Gasteiger partial charge in [0.25, 0.3) is 5.91 Å². The van der Waals surface area contributed by atoms with Crippen molar-refractivity contribution in [1.29, 1.82) is 0 Å². The smallest absolute Gasteiger partial charge is 0.350 e. The molecule has 0 fully saturated rings. The molecule has 1 aromatic carbocycles. The molecule has 1 aromatic heterocycles. The maximum absolute atomic E-state index is 13.2. The number of benzene rings is 1. The number of thiophene rings is 1. The lowest BCUT2D eigenvalue weighted by Crippen LogP contribution is -2.34. The molecule has 0 unspecified atom stereocenters. The van der Waals surface area contributed by atoms with Crippen molar-refractivity contribution in [3.8, 4) is 0 Å². The van der Waals surface area contributed by atoms with Gasteiger partial charge in [-0.05, 0) is 25.1 Å². The number of ether oxygens (including phenoxy) is 1. The maximum Gasteiger partial charge on any atom is 0.350 e. The van der Waals surface area contributed by atoms with Gasteiger partial charge in [-0.1, -0.05) is 11.6 Å². The predicted octanol–water partition coefficient (Wildman–Crippen LogP) is 3.33. The van der Waals surface area contributed by atoms with Crippen LogP contribution in [0, 0.1) is 5.82 Å². The summed E-state index contributed by atoms with van der Waals surface area (Å²) in [4.78, 5) is 25.3. The highest BCUT2D eigenvalue weighted by atomic mass is 35.5. The van der Waals surface area contributed by atoms with Gasteiger partial charge in [0, 0.05) is 24.2 Å². The Morgan fingerprint density at radius 2 is 2.05 bits per heavy atom. The van der Waals surface area contributed by atoms with Gasteiger partial charge in [-0.2, -0.15) is 0 Å². The number of hydrogen-bond acceptors (Lipinski definition) is 4. The minimum atomic E-state index is -0.912. The highest BCUT2D eigenvalue weighted by Crippen LogP contribution is 2.36. The van der Waals surface area contributed by atoms with Crippen LogP contribution in [0.4, 0.5) is 4.39 Å². The van der Waals surface area contributed by atoms with Gasteiger partial charge in [0.2, 0.25) is 0 Å². The average Bonchev–Trinajstić information content (AvgIpc) is 2.74. The molecule has 0 aliphatic carbocycles. The lowest BCUT2D eigenvalue weighted by atomic mass is 10.2. The minimum Gasteiger partial charge on any atom is -0.448 e. The highest BCUT2D eigenvalue weighted by molar-refractivity contribution is 7.21. The molecule has 0 aliphatic rings. The number of fused-ring (bicyclic) bond motifs is 1. The molecule has 4 nitrogen and oxygen atoms in total. The summed E-state index contributed by atoms with van der Waals surface area (Å²) < 4.78 is 18.8. The van der Waals surface area contributed by atoms with Crippen LogP contribution in [0.3, 0.4) is 0 Å². The van der Waals surface area contributed by atoms with Gasteiger partial charge in [-0.3, -0.25) is 4.79 Å². The van der Waals surface area contributed by atoms with Crippen molar-refractivity contribution in [2.75, 3.05) is 14.1 Å². The monoisotopic (exact) mass is 329 g/mol. The van der Waals surface area contributed by atoms with Crippen molar-refractivity contribution in [3.63, 3.8) is 0 Å². The Hall–Kier alpha value is -1.66. The molecular formula is C14H13ClFNO3S. The van der Waals surface area contributed by atoms with Crippen molar-refractivity contribution < 1.29 is 18.7 Å². The molecule has 112 valence electrons. The van der Waals surface area contributed by atoms with Crippen LogP contribution in [0.2, 0.25) is 5.02 Å². The largest absolute Gasteiger partial charge is 0.448 e. The second-order valence-corrected chi connectivity index (χ2v) is 6.10. The predicted molar refractivity (Wildman–Crippen MR) is 80.4 cm³/mol. The number of likely N-dealkylation sites (N-methyl/N-ethyl adjacent to an activating group) is 1. The molecule has 0 aliphatic heterocycles. The van der Waals surface area contributed by atoms with Gasteiger partial charge in [0.05, 0.1) is 5.02 Å². The molecule has 0 N–H and O–H groups in total. The Balaban J connectivity index is 2.28. The van der Waals surface area contributed by atoms with E-state index in [4.69, 9.17) is 16.3 Å². The molecule has 0 bridgehead atoms. The van der Waals surface area contributed by atoms with Crippen LogP contribution in [-0.2, 0) is 9.53 Å². The summed E-state index contributed by atoms with van der Waals surface area (Å²) in [6.45, 7) is 1.49. The zero-order valence-electron chi connectivity index (χ0n) is 11.6. The van der Waals surface area contributed by atoms with Crippen molar-refractivity contribution in [1.82, 2.24) is 4.90 Å². The zero-order valence-corrected chi connectivity index (χ0v) is 13.2. The molecule has 2 rings (SSSR count). The Bertz CT molecular complexity index is 714. The van der Waals surface area contributed by atoms with Gasteiger partial charge < -0.3 is 9.64 Å². The fourth-order valence-electron chi connectivity index (χ4n) is 1.80. The fourth-order valence-corrected chi connectivity index (χ4v) is 3.21. The van der Waals surface area contributed by atoms with E-state index in [1.807, 2.05) is 0 Å². The quantitative estimate of drug-likeness (QED) is 0.811. The standard InChI is InChI=1S/C14H13ClFNO3S/c1-7(13(18)17(2)3)20-14(19)12-11(15)9-5-4-8(16)6-10(9)21-12/h4-7H,1-3H3/t7-/m1/s1. The molecule has 1 amide bonds. The van der Waals surface area contributed by atoms with E-state index in [1.165, 1.54) is 30.0 Å². The SMILES string of the molecule is C[C@@H](OC(=O)c1sc2cc(F)ccc2c1Cl)C(=O)N(C)C. The van der Waals surface area contributed by atoms with Crippen LogP contribution in [-0.4, -0.2) is 37.0 Å². The van der Waals surface area contributed by atoms with Crippen LogP contribution >= 0.6 is 22.9 Å². The van der Waals surface area contributed by atoms with Crippen LogP contribution < -0.4 is 0 Å². The topological polar surface area (TPSA) is 46.6 Å². The van der Waals surface area contributed by atoms with Gasteiger partial charge >= 0.3 is 5.97 Å². The van der Waals surface area contributed by atoms with Crippen molar-refractivity contribution >= 4 is 44.9 Å². The first-order valence-electron chi connectivity index (χ1n) is 6.11. The van der Waals surface area contributed by atoms with Gasteiger partial charge in [0.1, 0.15) is 10.7 Å². The summed E-state index contributed by atoms with van der Waals surface area (Å²) in [5.41, 5.74) is 0. The second-order valence-electron chi connectivity index (χ2n) is 4.67. The lowest BCUT2D eigenvalue weighted by Gasteiger charge is -2.16. The number of carbonyl (C=O) groups is 2. The first kappa shape index (κ1) is 15.7. The molecule has 7 heteroatoms. The third-order valence-electron chi connectivity index (χ3n) is 2.85. The third-order valence-corrected chi connectivity index (χ3v) is 4.49. The normalized spacial score (nSPS) is 12.2. The molecule has 21 heavy (non-hydrogen) atoms. The molecular weight excluding hydrogens is 317 g/mol. The molecule has 0 saturated heterocycles. The van der Waals surface area contributed by atoms with E-state index < -0.39 is 17.9 Å². The molecule has 2 aromatic rings. The molecule has 1 heterocycles. The number of carbonyl (C=O) groups excluding carboxylic acids is 2. The number of halogens is 2. The summed E-state index contributed by atoms with van der Waals surface area (Å²) in [6.07, 6.45) is -0.912. The van der Waals surface area contributed by atoms with E-state index >= 15 is 0 Å². The number of rotatable bonds is 3. The highest BCUT2D eigenvalue weighted by Gasteiger charge is 2.24. The Morgan fingerprint density at radius 1 is 1.38 bits per heavy atom. The zero-order chi connectivity index (χ0) is 15.7. The van der Waals surface area contributed by atoms with E-state index in [-0.39, 0.29) is 15.8 Å². The van der Waals surface area contributed by atoms with E-state index in [2.05, 4.69) is 0 Å². The van der Waals surface area contributed by atoms with E-state index in [0.717, 1.165) is 11.3 Å². The van der Waals surface area contributed by atoms with Gasteiger partial charge in [-0.15, -0.1) is 11.3 Å². The van der Waals surface area contributed by atoms with Crippen LogP contribution in [0.1, 0.15) is 16.6 Å². The average molecular weight is 330 g/mol. The van der Waals surface area contributed by atoms with Crippen LogP contribution in [0.25, 0.3) is 10.1 Å². The Labute approximate surface area is 130 Å². The summed E-state index contributed by atoms with van der Waals surface area (Å²) in [6, 6.07) is 4.08. The summed E-state index contributed by atoms with van der Waals surface area (Å²) >= 11 is 7.16.